The normalized spacial score (nSPS) is 18.1. The minimum atomic E-state index is -0.825. The Bertz CT molecular complexity index is 427. The van der Waals surface area contributed by atoms with Gasteiger partial charge in [0.2, 0.25) is 5.91 Å². The number of carbonyl (C=O) groups is 1. The first-order valence-electron chi connectivity index (χ1n) is 5.68. The summed E-state index contributed by atoms with van der Waals surface area (Å²) in [4.78, 5) is 15.5. The van der Waals surface area contributed by atoms with E-state index >= 15 is 0 Å². The van der Waals surface area contributed by atoms with Gasteiger partial charge in [0.05, 0.1) is 25.8 Å². The Kier molecular flexibility index (Phi) is 4.01. The molecule has 0 radical (unpaired) electrons. The molecular weight excluding hydrogens is 234 g/mol. The number of hydrogen-bond donors (Lipinski definition) is 1. The van der Waals surface area contributed by atoms with Crippen LogP contribution in [-0.4, -0.2) is 36.1 Å². The first-order chi connectivity index (χ1) is 8.68. The molecule has 0 saturated carbocycles. The van der Waals surface area contributed by atoms with Gasteiger partial charge in [-0.05, 0) is 13.0 Å². The Morgan fingerprint density at radius 1 is 1.61 bits per heavy atom. The molecule has 1 aliphatic heterocycles. The second-order valence-corrected chi connectivity index (χ2v) is 4.09. The predicted octanol–water partition coefficient (Wildman–Crippen LogP) is 0.685. The molecule has 0 bridgehead atoms. The van der Waals surface area contributed by atoms with Crippen molar-refractivity contribution in [3.05, 3.63) is 30.1 Å². The average Bonchev–Trinajstić information content (AvgIpc) is 2.77. The molecule has 0 unspecified atom stereocenters. The van der Waals surface area contributed by atoms with Gasteiger partial charge in [-0.15, -0.1) is 0 Å². The molecule has 1 aliphatic rings. The predicted molar refractivity (Wildman–Crippen MR) is 64.9 cm³/mol. The highest BCUT2D eigenvalue weighted by molar-refractivity contribution is 5.82. The number of nitrogens with zero attached hydrogens (tertiary/aromatic N) is 2. The average molecular weight is 249 g/mol. The van der Waals surface area contributed by atoms with Gasteiger partial charge in [0, 0.05) is 18.0 Å². The van der Waals surface area contributed by atoms with Gasteiger partial charge in [0.25, 0.3) is 0 Å². The van der Waals surface area contributed by atoms with E-state index in [4.69, 9.17) is 9.47 Å². The summed E-state index contributed by atoms with van der Waals surface area (Å²) in [5.74, 6) is -1.08. The monoisotopic (exact) mass is 249 g/mol. The van der Waals surface area contributed by atoms with E-state index in [9.17, 15) is 4.79 Å². The third-order valence-electron chi connectivity index (χ3n) is 2.47. The number of aromatic nitrogens is 1. The van der Waals surface area contributed by atoms with Crippen LogP contribution in [0.3, 0.4) is 0 Å². The van der Waals surface area contributed by atoms with E-state index in [1.807, 2.05) is 6.07 Å². The van der Waals surface area contributed by atoms with E-state index in [2.05, 4.69) is 15.5 Å². The summed E-state index contributed by atoms with van der Waals surface area (Å²) in [6.07, 6.45) is 4.98. The van der Waals surface area contributed by atoms with Crippen molar-refractivity contribution in [2.24, 2.45) is 5.10 Å². The van der Waals surface area contributed by atoms with Crippen molar-refractivity contribution in [1.29, 1.82) is 0 Å². The molecule has 6 heteroatoms. The smallest absolute Gasteiger partial charge is 0.245 e. The Morgan fingerprint density at radius 2 is 2.39 bits per heavy atom. The zero-order chi connectivity index (χ0) is 12.8. The van der Waals surface area contributed by atoms with Gasteiger partial charge < -0.3 is 9.47 Å². The molecule has 1 aromatic rings. The summed E-state index contributed by atoms with van der Waals surface area (Å²) in [5.41, 5.74) is 3.24. The lowest BCUT2D eigenvalue weighted by molar-refractivity contribution is -0.159. The van der Waals surface area contributed by atoms with Crippen LogP contribution >= 0.6 is 0 Å². The summed E-state index contributed by atoms with van der Waals surface area (Å²) in [7, 11) is 0. The first kappa shape index (κ1) is 12.7. The third kappa shape index (κ3) is 3.61. The maximum Gasteiger partial charge on any atom is 0.245 e. The van der Waals surface area contributed by atoms with E-state index in [0.29, 0.717) is 13.2 Å². The van der Waals surface area contributed by atoms with Crippen LogP contribution in [-0.2, 0) is 14.3 Å². The highest BCUT2D eigenvalue weighted by Crippen LogP contribution is 2.21. The zero-order valence-corrected chi connectivity index (χ0v) is 10.1. The van der Waals surface area contributed by atoms with Crippen molar-refractivity contribution in [3.63, 3.8) is 0 Å². The SMILES string of the molecule is CC1(CC(=O)N/N=C\c2cccnc2)OCCO1. The molecule has 96 valence electrons. The number of amides is 1. The van der Waals surface area contributed by atoms with Crippen LogP contribution in [0.4, 0.5) is 0 Å². The molecule has 2 rings (SSSR count). The number of carbonyl (C=O) groups excluding carboxylic acids is 1. The van der Waals surface area contributed by atoms with Crippen molar-refractivity contribution in [1.82, 2.24) is 10.4 Å². The number of ether oxygens (including phenoxy) is 2. The minimum absolute atomic E-state index is 0.122. The van der Waals surface area contributed by atoms with Crippen molar-refractivity contribution in [2.45, 2.75) is 19.1 Å². The second-order valence-electron chi connectivity index (χ2n) is 4.09. The van der Waals surface area contributed by atoms with Crippen LogP contribution in [0.15, 0.2) is 29.6 Å². The van der Waals surface area contributed by atoms with Gasteiger partial charge in [-0.3, -0.25) is 9.78 Å². The summed E-state index contributed by atoms with van der Waals surface area (Å²) >= 11 is 0. The number of rotatable bonds is 4. The number of hydrogen-bond acceptors (Lipinski definition) is 5. The fourth-order valence-corrected chi connectivity index (χ4v) is 1.62. The molecule has 1 amide bonds. The van der Waals surface area contributed by atoms with Gasteiger partial charge in [-0.25, -0.2) is 5.43 Å². The van der Waals surface area contributed by atoms with E-state index in [1.165, 1.54) is 6.21 Å². The Morgan fingerprint density at radius 3 is 3.06 bits per heavy atom. The van der Waals surface area contributed by atoms with Gasteiger partial charge in [-0.2, -0.15) is 5.10 Å². The van der Waals surface area contributed by atoms with Crippen molar-refractivity contribution < 1.29 is 14.3 Å². The quantitative estimate of drug-likeness (QED) is 0.629. The molecule has 6 nitrogen and oxygen atoms in total. The summed E-state index contributed by atoms with van der Waals surface area (Å²) in [6, 6.07) is 3.64. The maximum absolute atomic E-state index is 11.6. The van der Waals surface area contributed by atoms with Crippen molar-refractivity contribution in [3.8, 4) is 0 Å². The zero-order valence-electron chi connectivity index (χ0n) is 10.1. The van der Waals surface area contributed by atoms with Crippen LogP contribution in [0, 0.1) is 0 Å². The van der Waals surface area contributed by atoms with Crippen LogP contribution in [0.25, 0.3) is 0 Å². The molecule has 1 fully saturated rings. The van der Waals surface area contributed by atoms with Gasteiger partial charge >= 0.3 is 0 Å². The molecule has 2 heterocycles. The van der Waals surface area contributed by atoms with Crippen LogP contribution in [0.5, 0.6) is 0 Å². The molecule has 0 spiro atoms. The molecule has 18 heavy (non-hydrogen) atoms. The maximum atomic E-state index is 11.6. The Hall–Kier alpha value is -1.79. The van der Waals surface area contributed by atoms with Crippen molar-refractivity contribution >= 4 is 12.1 Å². The Balaban J connectivity index is 1.80. The Labute approximate surface area is 105 Å². The molecular formula is C12H15N3O3. The molecule has 1 saturated heterocycles. The topological polar surface area (TPSA) is 72.8 Å². The highest BCUT2D eigenvalue weighted by Gasteiger charge is 2.33. The summed E-state index contributed by atoms with van der Waals surface area (Å²) < 4.78 is 10.7. The van der Waals surface area contributed by atoms with E-state index in [0.717, 1.165) is 5.56 Å². The largest absolute Gasteiger partial charge is 0.347 e. The number of hydrazone groups is 1. The second kappa shape index (κ2) is 5.70. The number of pyridine rings is 1. The lowest BCUT2D eigenvalue weighted by atomic mass is 10.2. The standard InChI is InChI=1S/C12H15N3O3/c1-12(17-5-6-18-12)7-11(16)15-14-9-10-3-2-4-13-8-10/h2-4,8-9H,5-7H2,1H3,(H,15,16)/b14-9-. The molecule has 1 N–H and O–H groups in total. The summed E-state index contributed by atoms with van der Waals surface area (Å²) in [6.45, 7) is 2.77. The van der Waals surface area contributed by atoms with E-state index < -0.39 is 5.79 Å². The van der Waals surface area contributed by atoms with Gasteiger partial charge in [0.1, 0.15) is 0 Å². The fraction of sp³-hybridized carbons (Fsp3) is 0.417. The van der Waals surface area contributed by atoms with Gasteiger partial charge in [-0.1, -0.05) is 6.07 Å². The van der Waals surface area contributed by atoms with E-state index in [-0.39, 0.29) is 12.3 Å². The van der Waals surface area contributed by atoms with Crippen LogP contribution < -0.4 is 5.43 Å². The van der Waals surface area contributed by atoms with Crippen molar-refractivity contribution in [2.75, 3.05) is 13.2 Å². The minimum Gasteiger partial charge on any atom is -0.347 e. The summed E-state index contributed by atoms with van der Waals surface area (Å²) in [5, 5.41) is 3.84. The molecule has 0 aromatic carbocycles. The fourth-order valence-electron chi connectivity index (χ4n) is 1.62. The molecule has 1 aromatic heterocycles. The lowest BCUT2D eigenvalue weighted by Gasteiger charge is -2.20. The first-order valence-corrected chi connectivity index (χ1v) is 5.68. The third-order valence-corrected chi connectivity index (χ3v) is 2.47. The van der Waals surface area contributed by atoms with Crippen LogP contribution in [0.1, 0.15) is 18.9 Å². The van der Waals surface area contributed by atoms with E-state index in [1.54, 1.807) is 25.4 Å². The molecule has 0 atom stereocenters. The number of nitrogens with one attached hydrogen (secondary N) is 1. The highest BCUT2D eigenvalue weighted by atomic mass is 16.7. The lowest BCUT2D eigenvalue weighted by Crippen LogP contribution is -2.33. The molecule has 0 aliphatic carbocycles. The van der Waals surface area contributed by atoms with Gasteiger partial charge in [0.15, 0.2) is 5.79 Å². The van der Waals surface area contributed by atoms with Crippen LogP contribution in [0.2, 0.25) is 0 Å².